The summed E-state index contributed by atoms with van der Waals surface area (Å²) in [6.07, 6.45) is 0. The third-order valence-electron chi connectivity index (χ3n) is 4.62. The number of halogens is 3. The number of hydrogen-bond acceptors (Lipinski definition) is 6. The Morgan fingerprint density at radius 2 is 1.94 bits per heavy atom. The molecule has 0 spiro atoms. The quantitative estimate of drug-likeness (QED) is 0.716. The molecule has 0 unspecified atom stereocenters. The van der Waals surface area contributed by atoms with E-state index in [1.807, 2.05) is 0 Å². The van der Waals surface area contributed by atoms with E-state index in [0.717, 1.165) is 18.2 Å². The van der Waals surface area contributed by atoms with Gasteiger partial charge in [0.1, 0.15) is 11.6 Å². The molecule has 1 N–H and O–H groups in total. The maximum atomic E-state index is 14.0. The van der Waals surface area contributed by atoms with Gasteiger partial charge in [-0.3, -0.25) is 5.43 Å². The lowest BCUT2D eigenvalue weighted by Crippen LogP contribution is -2.40. The van der Waals surface area contributed by atoms with E-state index in [4.69, 9.17) is 16.3 Å². The van der Waals surface area contributed by atoms with Gasteiger partial charge >= 0.3 is 0 Å². The SMILES string of the molecule is O=S(=O)(c1ccc(Cl)c(N=C2NN=C(c3cc(F)ccc3F)CS2)c1)N1CCOCC1. The summed E-state index contributed by atoms with van der Waals surface area (Å²) in [4.78, 5) is 4.43. The number of morpholine rings is 1. The van der Waals surface area contributed by atoms with Gasteiger partial charge in [-0.05, 0) is 36.4 Å². The van der Waals surface area contributed by atoms with Gasteiger partial charge in [0.25, 0.3) is 0 Å². The standard InChI is InChI=1S/C19H17ClF2N4O3S2/c20-15-3-2-13(31(27,28)26-5-7-29-8-6-26)10-17(15)23-19-25-24-18(11-30-19)14-9-12(21)1-4-16(14)22/h1-4,9-10H,5-8,11H2,(H,23,25). The number of aliphatic imine (C=N–C) groups is 1. The van der Waals surface area contributed by atoms with E-state index in [1.165, 1.54) is 34.3 Å². The number of thioether (sulfide) groups is 1. The molecule has 7 nitrogen and oxygen atoms in total. The Morgan fingerprint density at radius 1 is 1.16 bits per heavy atom. The average molecular weight is 487 g/mol. The van der Waals surface area contributed by atoms with E-state index in [0.29, 0.717) is 24.1 Å². The Bertz CT molecular complexity index is 1170. The average Bonchev–Trinajstić information content (AvgIpc) is 2.78. The number of nitrogens with zero attached hydrogens (tertiary/aromatic N) is 3. The molecule has 0 radical (unpaired) electrons. The second-order valence-corrected chi connectivity index (χ2v) is 9.94. The van der Waals surface area contributed by atoms with Crippen LogP contribution >= 0.6 is 23.4 Å². The minimum Gasteiger partial charge on any atom is -0.379 e. The molecule has 31 heavy (non-hydrogen) atoms. The Morgan fingerprint density at radius 3 is 2.65 bits per heavy atom. The zero-order valence-electron chi connectivity index (χ0n) is 16.0. The van der Waals surface area contributed by atoms with Crippen molar-refractivity contribution in [1.29, 1.82) is 0 Å². The predicted molar refractivity (Wildman–Crippen MR) is 117 cm³/mol. The van der Waals surface area contributed by atoms with Crippen LogP contribution in [-0.4, -0.2) is 55.7 Å². The van der Waals surface area contributed by atoms with Crippen LogP contribution in [0.3, 0.4) is 0 Å². The van der Waals surface area contributed by atoms with Crippen molar-refractivity contribution in [2.75, 3.05) is 32.1 Å². The zero-order chi connectivity index (χ0) is 22.0. The Kier molecular flexibility index (Phi) is 6.58. The number of amidine groups is 1. The second kappa shape index (κ2) is 9.21. The molecule has 2 aromatic rings. The van der Waals surface area contributed by atoms with Crippen molar-refractivity contribution in [3.05, 3.63) is 58.6 Å². The van der Waals surface area contributed by atoms with Crippen LogP contribution in [0.4, 0.5) is 14.5 Å². The minimum absolute atomic E-state index is 0.0654. The third kappa shape index (κ3) is 4.90. The molecule has 2 aromatic carbocycles. The molecule has 0 aromatic heterocycles. The van der Waals surface area contributed by atoms with Crippen LogP contribution in [0.1, 0.15) is 5.56 Å². The number of sulfonamides is 1. The first kappa shape index (κ1) is 22.2. The molecule has 12 heteroatoms. The van der Waals surface area contributed by atoms with Crippen molar-refractivity contribution in [1.82, 2.24) is 9.73 Å². The first-order valence-electron chi connectivity index (χ1n) is 9.21. The molecule has 0 bridgehead atoms. The Hall–Kier alpha value is -2.05. The monoisotopic (exact) mass is 486 g/mol. The van der Waals surface area contributed by atoms with Crippen LogP contribution in [0, 0.1) is 11.6 Å². The molecular formula is C19H17ClF2N4O3S2. The van der Waals surface area contributed by atoms with Gasteiger partial charge in [0, 0.05) is 24.4 Å². The fraction of sp³-hybridized carbons (Fsp3) is 0.263. The summed E-state index contributed by atoms with van der Waals surface area (Å²) in [7, 11) is -3.70. The van der Waals surface area contributed by atoms with Crippen LogP contribution in [0.5, 0.6) is 0 Å². The highest BCUT2D eigenvalue weighted by Gasteiger charge is 2.27. The van der Waals surface area contributed by atoms with Crippen LogP contribution in [0.15, 0.2) is 51.4 Å². The molecule has 0 amide bonds. The smallest absolute Gasteiger partial charge is 0.243 e. The first-order chi connectivity index (χ1) is 14.8. The molecular weight excluding hydrogens is 470 g/mol. The lowest BCUT2D eigenvalue weighted by Gasteiger charge is -2.26. The van der Waals surface area contributed by atoms with Crippen LogP contribution in [0.2, 0.25) is 5.02 Å². The maximum absolute atomic E-state index is 14.0. The first-order valence-corrected chi connectivity index (χ1v) is 12.0. The maximum Gasteiger partial charge on any atom is 0.243 e. The fourth-order valence-corrected chi connectivity index (χ4v) is 5.37. The van der Waals surface area contributed by atoms with Gasteiger partial charge in [-0.1, -0.05) is 23.4 Å². The predicted octanol–water partition coefficient (Wildman–Crippen LogP) is 3.37. The van der Waals surface area contributed by atoms with Gasteiger partial charge in [-0.15, -0.1) is 0 Å². The summed E-state index contributed by atoms with van der Waals surface area (Å²) in [5.74, 6) is -0.893. The van der Waals surface area contributed by atoms with Gasteiger partial charge in [0.15, 0.2) is 5.17 Å². The summed E-state index contributed by atoms with van der Waals surface area (Å²) < 4.78 is 59.7. The number of benzene rings is 2. The Balaban J connectivity index is 1.57. The number of ether oxygens (including phenoxy) is 1. The topological polar surface area (TPSA) is 83.4 Å². The van der Waals surface area contributed by atoms with Crippen LogP contribution in [0.25, 0.3) is 0 Å². The van der Waals surface area contributed by atoms with E-state index in [-0.39, 0.29) is 40.0 Å². The normalized spacial score (nSPS) is 19.2. The summed E-state index contributed by atoms with van der Waals surface area (Å²) in [6.45, 7) is 1.24. The van der Waals surface area contributed by atoms with Crippen molar-refractivity contribution in [2.24, 2.45) is 10.1 Å². The van der Waals surface area contributed by atoms with Crippen molar-refractivity contribution < 1.29 is 21.9 Å². The van der Waals surface area contributed by atoms with Crippen LogP contribution < -0.4 is 5.43 Å². The highest BCUT2D eigenvalue weighted by atomic mass is 35.5. The van der Waals surface area contributed by atoms with Crippen molar-refractivity contribution in [3.8, 4) is 0 Å². The van der Waals surface area contributed by atoms with E-state index >= 15 is 0 Å². The molecule has 2 aliphatic heterocycles. The lowest BCUT2D eigenvalue weighted by molar-refractivity contribution is 0.0730. The molecule has 0 aliphatic carbocycles. The van der Waals surface area contributed by atoms with Gasteiger partial charge in [0.2, 0.25) is 10.0 Å². The molecule has 4 rings (SSSR count). The van der Waals surface area contributed by atoms with Crippen molar-refractivity contribution >= 4 is 50.0 Å². The molecule has 2 aliphatic rings. The third-order valence-corrected chi connectivity index (χ3v) is 7.71. The van der Waals surface area contributed by atoms with Crippen molar-refractivity contribution in [2.45, 2.75) is 4.90 Å². The van der Waals surface area contributed by atoms with Crippen LogP contribution in [-0.2, 0) is 14.8 Å². The summed E-state index contributed by atoms with van der Waals surface area (Å²) in [5.41, 5.74) is 3.33. The number of nitrogens with one attached hydrogen (secondary N) is 1. The Labute approximate surface area is 187 Å². The highest BCUT2D eigenvalue weighted by Crippen LogP contribution is 2.31. The summed E-state index contributed by atoms with van der Waals surface area (Å²) >= 11 is 7.42. The number of hydrazone groups is 1. The van der Waals surface area contributed by atoms with Gasteiger partial charge in [-0.2, -0.15) is 9.41 Å². The number of hydrogen-bond donors (Lipinski definition) is 1. The van der Waals surface area contributed by atoms with E-state index in [2.05, 4.69) is 15.5 Å². The van der Waals surface area contributed by atoms with E-state index in [9.17, 15) is 17.2 Å². The highest BCUT2D eigenvalue weighted by molar-refractivity contribution is 8.14. The molecule has 1 saturated heterocycles. The molecule has 164 valence electrons. The molecule has 0 saturated carbocycles. The van der Waals surface area contributed by atoms with Gasteiger partial charge < -0.3 is 4.74 Å². The van der Waals surface area contributed by atoms with E-state index in [1.54, 1.807) is 0 Å². The zero-order valence-corrected chi connectivity index (χ0v) is 18.4. The molecule has 0 atom stereocenters. The second-order valence-electron chi connectivity index (χ2n) is 6.63. The van der Waals surface area contributed by atoms with Gasteiger partial charge in [0.05, 0.1) is 34.5 Å². The van der Waals surface area contributed by atoms with E-state index < -0.39 is 21.7 Å². The summed E-state index contributed by atoms with van der Waals surface area (Å²) in [6, 6.07) is 7.46. The largest absolute Gasteiger partial charge is 0.379 e. The fourth-order valence-electron chi connectivity index (χ4n) is 3.01. The van der Waals surface area contributed by atoms with Crippen molar-refractivity contribution in [3.63, 3.8) is 0 Å². The lowest BCUT2D eigenvalue weighted by atomic mass is 10.1. The summed E-state index contributed by atoms with van der Waals surface area (Å²) in [5, 5.41) is 4.69. The number of rotatable bonds is 4. The molecule has 1 fully saturated rings. The van der Waals surface area contributed by atoms with Gasteiger partial charge in [-0.25, -0.2) is 22.2 Å². The molecule has 2 heterocycles. The minimum atomic E-state index is -3.70.